The third-order valence-electron chi connectivity index (χ3n) is 5.32. The molecule has 9 heteroatoms. The fourth-order valence-electron chi connectivity index (χ4n) is 3.76. The number of anilines is 1. The highest BCUT2D eigenvalue weighted by Crippen LogP contribution is 2.31. The molecule has 1 fully saturated rings. The van der Waals surface area contributed by atoms with Gasteiger partial charge in [-0.25, -0.2) is 13.4 Å². The Morgan fingerprint density at radius 1 is 1.16 bits per heavy atom. The summed E-state index contributed by atoms with van der Waals surface area (Å²) in [7, 11) is -3.68. The number of imidazole rings is 1. The van der Waals surface area contributed by atoms with E-state index < -0.39 is 10.0 Å². The zero-order valence-electron chi connectivity index (χ0n) is 17.5. The molecule has 3 aromatic rings. The van der Waals surface area contributed by atoms with Gasteiger partial charge in [0, 0.05) is 31.7 Å². The summed E-state index contributed by atoms with van der Waals surface area (Å²) in [6.07, 6.45) is 3.66. The van der Waals surface area contributed by atoms with Crippen molar-refractivity contribution >= 4 is 32.7 Å². The van der Waals surface area contributed by atoms with Gasteiger partial charge >= 0.3 is 0 Å². The largest absolute Gasteiger partial charge is 0.492 e. The second-order valence-corrected chi connectivity index (χ2v) is 9.34. The van der Waals surface area contributed by atoms with E-state index in [0.29, 0.717) is 37.7 Å². The summed E-state index contributed by atoms with van der Waals surface area (Å²) >= 11 is 0. The molecule has 1 aliphatic rings. The van der Waals surface area contributed by atoms with Crippen LogP contribution in [0.25, 0.3) is 11.0 Å². The van der Waals surface area contributed by atoms with Gasteiger partial charge in [0.05, 0.1) is 24.0 Å². The molecule has 2 heterocycles. The molecule has 0 bridgehead atoms. The summed E-state index contributed by atoms with van der Waals surface area (Å²) in [6, 6.07) is 12.5. The summed E-state index contributed by atoms with van der Waals surface area (Å²) in [6.45, 7) is 3.64. The maximum Gasteiger partial charge on any atom is 0.246 e. The SMILES string of the molecule is CCOc1ccc(NC(=O)CCn2cnc3ccccc32)cc1S(=O)(=O)N1CCCC1. The maximum atomic E-state index is 13.1. The van der Waals surface area contributed by atoms with E-state index in [1.807, 2.05) is 35.8 Å². The third-order valence-corrected chi connectivity index (χ3v) is 7.24. The minimum atomic E-state index is -3.68. The van der Waals surface area contributed by atoms with Gasteiger partial charge in [-0.15, -0.1) is 0 Å². The molecule has 164 valence electrons. The topological polar surface area (TPSA) is 93.5 Å². The number of carbonyl (C=O) groups is 1. The van der Waals surface area contributed by atoms with Crippen molar-refractivity contribution in [1.29, 1.82) is 0 Å². The summed E-state index contributed by atoms with van der Waals surface area (Å²) in [5.41, 5.74) is 2.28. The first-order valence-electron chi connectivity index (χ1n) is 10.5. The lowest BCUT2D eigenvalue weighted by Gasteiger charge is -2.19. The summed E-state index contributed by atoms with van der Waals surface area (Å²) in [5, 5.41) is 2.81. The van der Waals surface area contributed by atoms with Crippen molar-refractivity contribution < 1.29 is 17.9 Å². The van der Waals surface area contributed by atoms with Gasteiger partial charge < -0.3 is 14.6 Å². The lowest BCUT2D eigenvalue weighted by molar-refractivity contribution is -0.116. The average Bonchev–Trinajstić information content (AvgIpc) is 3.44. The molecular formula is C22H26N4O4S. The van der Waals surface area contributed by atoms with Crippen LogP contribution in [0.15, 0.2) is 53.7 Å². The van der Waals surface area contributed by atoms with Crippen LogP contribution in [0.4, 0.5) is 5.69 Å². The highest BCUT2D eigenvalue weighted by atomic mass is 32.2. The van der Waals surface area contributed by atoms with Crippen LogP contribution in [0.2, 0.25) is 0 Å². The number of hydrogen-bond acceptors (Lipinski definition) is 5. The van der Waals surface area contributed by atoms with Crippen molar-refractivity contribution in [3.63, 3.8) is 0 Å². The normalized spacial score (nSPS) is 14.7. The second kappa shape index (κ2) is 9.07. The van der Waals surface area contributed by atoms with Crippen molar-refractivity contribution in [1.82, 2.24) is 13.9 Å². The van der Waals surface area contributed by atoms with Gasteiger partial charge in [0.25, 0.3) is 0 Å². The van der Waals surface area contributed by atoms with Crippen LogP contribution in [-0.2, 0) is 21.4 Å². The van der Waals surface area contributed by atoms with E-state index in [1.165, 1.54) is 10.4 Å². The van der Waals surface area contributed by atoms with Crippen molar-refractivity contribution in [2.24, 2.45) is 0 Å². The van der Waals surface area contributed by atoms with Crippen LogP contribution in [-0.4, -0.2) is 47.9 Å². The van der Waals surface area contributed by atoms with Gasteiger partial charge in [0.1, 0.15) is 10.6 Å². The minimum Gasteiger partial charge on any atom is -0.492 e. The monoisotopic (exact) mass is 442 g/mol. The quantitative estimate of drug-likeness (QED) is 0.578. The molecule has 4 rings (SSSR count). The van der Waals surface area contributed by atoms with Crippen LogP contribution in [0.1, 0.15) is 26.2 Å². The minimum absolute atomic E-state index is 0.0923. The number of nitrogens with zero attached hydrogens (tertiary/aromatic N) is 3. The van der Waals surface area contributed by atoms with Crippen LogP contribution in [0, 0.1) is 0 Å². The molecule has 0 radical (unpaired) electrons. The lowest BCUT2D eigenvalue weighted by Crippen LogP contribution is -2.28. The molecule has 0 saturated carbocycles. The Hall–Kier alpha value is -2.91. The number of carbonyl (C=O) groups excluding carboxylic acids is 1. The summed E-state index contributed by atoms with van der Waals surface area (Å²) < 4.78 is 35.1. The molecule has 1 N–H and O–H groups in total. The fourth-order valence-corrected chi connectivity index (χ4v) is 5.44. The van der Waals surface area contributed by atoms with Gasteiger partial charge in [-0.1, -0.05) is 12.1 Å². The van der Waals surface area contributed by atoms with Gasteiger partial charge in [0.2, 0.25) is 15.9 Å². The summed E-state index contributed by atoms with van der Waals surface area (Å²) in [4.78, 5) is 17.0. The Kier molecular flexibility index (Phi) is 6.24. The van der Waals surface area contributed by atoms with E-state index in [2.05, 4.69) is 10.3 Å². The number of para-hydroxylation sites is 2. The van der Waals surface area contributed by atoms with E-state index in [4.69, 9.17) is 4.74 Å². The number of hydrogen-bond donors (Lipinski definition) is 1. The lowest BCUT2D eigenvalue weighted by atomic mass is 10.2. The number of nitrogens with one attached hydrogen (secondary N) is 1. The Balaban J connectivity index is 1.49. The predicted molar refractivity (Wildman–Crippen MR) is 119 cm³/mol. The van der Waals surface area contributed by atoms with E-state index in [1.54, 1.807) is 18.5 Å². The molecule has 1 aromatic heterocycles. The number of fused-ring (bicyclic) bond motifs is 1. The average molecular weight is 443 g/mol. The van der Waals surface area contributed by atoms with E-state index in [9.17, 15) is 13.2 Å². The first-order chi connectivity index (χ1) is 15.0. The van der Waals surface area contributed by atoms with E-state index >= 15 is 0 Å². The standard InChI is InChI=1S/C22H26N4O4S/c1-2-30-20-10-9-17(15-21(20)31(28,29)26-12-5-6-13-26)24-22(27)11-14-25-16-23-18-7-3-4-8-19(18)25/h3-4,7-10,15-16H,2,5-6,11-14H2,1H3,(H,24,27). The van der Waals surface area contributed by atoms with Crippen LogP contribution >= 0.6 is 0 Å². The number of aryl methyl sites for hydroxylation is 1. The molecule has 1 saturated heterocycles. The predicted octanol–water partition coefficient (Wildman–Crippen LogP) is 3.25. The molecule has 1 amide bonds. The maximum absolute atomic E-state index is 13.1. The van der Waals surface area contributed by atoms with Crippen LogP contribution < -0.4 is 10.1 Å². The molecule has 31 heavy (non-hydrogen) atoms. The molecule has 0 unspecified atom stereocenters. The smallest absolute Gasteiger partial charge is 0.246 e. The van der Waals surface area contributed by atoms with Gasteiger partial charge in [-0.2, -0.15) is 4.31 Å². The molecular weight excluding hydrogens is 416 g/mol. The number of ether oxygens (including phenoxy) is 1. The zero-order valence-corrected chi connectivity index (χ0v) is 18.3. The van der Waals surface area contributed by atoms with Crippen molar-refractivity contribution in [3.8, 4) is 5.75 Å². The second-order valence-electron chi connectivity index (χ2n) is 7.43. The van der Waals surface area contributed by atoms with Crippen molar-refractivity contribution in [2.45, 2.75) is 37.6 Å². The van der Waals surface area contributed by atoms with Crippen LogP contribution in [0.5, 0.6) is 5.75 Å². The summed E-state index contributed by atoms with van der Waals surface area (Å²) in [5.74, 6) is 0.101. The number of benzene rings is 2. The number of aromatic nitrogens is 2. The molecule has 0 spiro atoms. The molecule has 8 nitrogen and oxygen atoms in total. The first-order valence-corrected chi connectivity index (χ1v) is 11.9. The Labute approximate surface area is 181 Å². The van der Waals surface area contributed by atoms with Crippen molar-refractivity contribution in [2.75, 3.05) is 25.0 Å². The van der Waals surface area contributed by atoms with Gasteiger partial charge in [0.15, 0.2) is 0 Å². The Morgan fingerprint density at radius 2 is 1.94 bits per heavy atom. The molecule has 2 aromatic carbocycles. The van der Waals surface area contributed by atoms with E-state index in [-0.39, 0.29) is 17.2 Å². The molecule has 0 aliphatic carbocycles. The van der Waals surface area contributed by atoms with Crippen molar-refractivity contribution in [3.05, 3.63) is 48.8 Å². The number of rotatable bonds is 8. The molecule has 1 aliphatic heterocycles. The first kappa shape index (κ1) is 21.3. The number of sulfonamides is 1. The van der Waals surface area contributed by atoms with Gasteiger partial charge in [-0.05, 0) is 50.1 Å². The van der Waals surface area contributed by atoms with E-state index in [0.717, 1.165) is 23.9 Å². The van der Waals surface area contributed by atoms with Crippen LogP contribution in [0.3, 0.4) is 0 Å². The third kappa shape index (κ3) is 4.57. The Morgan fingerprint density at radius 3 is 2.71 bits per heavy atom. The fraction of sp³-hybridized carbons (Fsp3) is 0.364. The number of amides is 1. The zero-order chi connectivity index (χ0) is 21.8. The molecule has 0 atom stereocenters. The Bertz CT molecular complexity index is 1180. The highest BCUT2D eigenvalue weighted by molar-refractivity contribution is 7.89. The van der Waals surface area contributed by atoms with Gasteiger partial charge in [-0.3, -0.25) is 4.79 Å². The highest BCUT2D eigenvalue weighted by Gasteiger charge is 2.30.